The van der Waals surface area contributed by atoms with Gasteiger partial charge in [0.1, 0.15) is 0 Å². The van der Waals surface area contributed by atoms with Crippen LogP contribution in [0.15, 0.2) is 29.2 Å². The molecule has 2 heterocycles. The Labute approximate surface area is 137 Å². The normalized spacial score (nSPS) is 20.0. The smallest absolute Gasteiger partial charge is 0.243 e. The number of nitrogens with zero attached hydrogens (tertiary/aromatic N) is 1. The Balaban J connectivity index is 1.60. The second-order valence-corrected chi connectivity index (χ2v) is 8.12. The van der Waals surface area contributed by atoms with Crippen LogP contribution in [0.2, 0.25) is 0 Å². The molecule has 2 N–H and O–H groups in total. The Morgan fingerprint density at radius 1 is 1.13 bits per heavy atom. The van der Waals surface area contributed by atoms with Crippen LogP contribution in [0.5, 0.6) is 0 Å². The topological polar surface area (TPSA) is 78.5 Å². The summed E-state index contributed by atoms with van der Waals surface area (Å²) in [6, 6.07) is 6.82. The Morgan fingerprint density at radius 3 is 2.35 bits per heavy atom. The van der Waals surface area contributed by atoms with Crippen molar-refractivity contribution in [1.82, 2.24) is 14.9 Å². The number of amides is 1. The van der Waals surface area contributed by atoms with Crippen LogP contribution in [0.25, 0.3) is 0 Å². The summed E-state index contributed by atoms with van der Waals surface area (Å²) in [5.41, 5.74) is 0.906. The predicted molar refractivity (Wildman–Crippen MR) is 87.3 cm³/mol. The minimum absolute atomic E-state index is 0.0498. The molecule has 6 nitrogen and oxygen atoms in total. The number of sulfonamides is 1. The number of nitrogens with one attached hydrogen (secondary N) is 2. The first-order valence-corrected chi connectivity index (χ1v) is 9.59. The minimum Gasteiger partial charge on any atom is -0.352 e. The van der Waals surface area contributed by atoms with E-state index in [1.807, 2.05) is 0 Å². The summed E-state index contributed by atoms with van der Waals surface area (Å²) in [6.07, 6.45) is 2.96. The summed E-state index contributed by atoms with van der Waals surface area (Å²) >= 11 is 0. The summed E-state index contributed by atoms with van der Waals surface area (Å²) < 4.78 is 26.7. The van der Waals surface area contributed by atoms with Crippen molar-refractivity contribution in [3.05, 3.63) is 29.8 Å². The SMILES string of the molecule is O=C(NCc1ccc(S(=O)(=O)N2CCCCC2)cc1)C1CNC1. The number of carbonyl (C=O) groups excluding carboxylic acids is 1. The molecule has 1 aromatic carbocycles. The molecule has 1 amide bonds. The molecule has 3 rings (SSSR count). The molecular formula is C16H23N3O3S. The van der Waals surface area contributed by atoms with Gasteiger partial charge in [-0.15, -0.1) is 0 Å². The number of piperidine rings is 1. The molecule has 23 heavy (non-hydrogen) atoms. The van der Waals surface area contributed by atoms with Gasteiger partial charge >= 0.3 is 0 Å². The van der Waals surface area contributed by atoms with E-state index in [1.165, 1.54) is 0 Å². The second kappa shape index (κ2) is 6.98. The van der Waals surface area contributed by atoms with Crippen molar-refractivity contribution in [3.8, 4) is 0 Å². The summed E-state index contributed by atoms with van der Waals surface area (Å²) in [4.78, 5) is 12.1. The lowest BCUT2D eigenvalue weighted by Gasteiger charge is -2.26. The average molecular weight is 337 g/mol. The van der Waals surface area contributed by atoms with Crippen molar-refractivity contribution in [1.29, 1.82) is 0 Å². The third kappa shape index (κ3) is 3.73. The van der Waals surface area contributed by atoms with Gasteiger partial charge in [0.25, 0.3) is 0 Å². The molecule has 1 aromatic rings. The molecule has 0 aliphatic carbocycles. The van der Waals surface area contributed by atoms with E-state index in [-0.39, 0.29) is 11.8 Å². The molecule has 2 aliphatic rings. The van der Waals surface area contributed by atoms with E-state index in [9.17, 15) is 13.2 Å². The largest absolute Gasteiger partial charge is 0.352 e. The molecule has 2 aliphatic heterocycles. The summed E-state index contributed by atoms with van der Waals surface area (Å²) in [6.45, 7) is 3.11. The first kappa shape index (κ1) is 16.4. The summed E-state index contributed by atoms with van der Waals surface area (Å²) in [5, 5.41) is 5.95. The van der Waals surface area contributed by atoms with E-state index in [4.69, 9.17) is 0 Å². The van der Waals surface area contributed by atoms with Crippen molar-refractivity contribution in [2.24, 2.45) is 5.92 Å². The lowest BCUT2D eigenvalue weighted by atomic mass is 10.0. The van der Waals surface area contributed by atoms with Crippen LogP contribution in [0, 0.1) is 5.92 Å². The zero-order valence-electron chi connectivity index (χ0n) is 13.1. The van der Waals surface area contributed by atoms with Gasteiger partial charge in [-0.1, -0.05) is 18.6 Å². The molecule has 0 atom stereocenters. The van der Waals surface area contributed by atoms with Gasteiger partial charge in [-0.05, 0) is 30.5 Å². The molecule has 2 saturated heterocycles. The van der Waals surface area contributed by atoms with Gasteiger partial charge < -0.3 is 10.6 Å². The maximum absolute atomic E-state index is 12.5. The van der Waals surface area contributed by atoms with Crippen molar-refractivity contribution in [2.75, 3.05) is 26.2 Å². The number of hydrogen-bond acceptors (Lipinski definition) is 4. The fraction of sp³-hybridized carbons (Fsp3) is 0.562. The second-order valence-electron chi connectivity index (χ2n) is 6.18. The molecule has 2 fully saturated rings. The maximum atomic E-state index is 12.5. The Morgan fingerprint density at radius 2 is 1.78 bits per heavy atom. The van der Waals surface area contributed by atoms with E-state index in [0.29, 0.717) is 24.5 Å². The molecule has 0 bridgehead atoms. The molecule has 7 heteroatoms. The van der Waals surface area contributed by atoms with Crippen LogP contribution in [0.3, 0.4) is 0 Å². The first-order valence-electron chi connectivity index (χ1n) is 8.15. The van der Waals surface area contributed by atoms with Gasteiger partial charge in [0.15, 0.2) is 0 Å². The quantitative estimate of drug-likeness (QED) is 0.829. The van der Waals surface area contributed by atoms with E-state index in [2.05, 4.69) is 10.6 Å². The third-order valence-corrected chi connectivity index (χ3v) is 6.41. The lowest BCUT2D eigenvalue weighted by molar-refractivity contribution is -0.126. The third-order valence-electron chi connectivity index (χ3n) is 4.50. The van der Waals surface area contributed by atoms with Gasteiger partial charge in [0.2, 0.25) is 15.9 Å². The van der Waals surface area contributed by atoms with Crippen molar-refractivity contribution >= 4 is 15.9 Å². The van der Waals surface area contributed by atoms with Crippen LogP contribution < -0.4 is 10.6 Å². The Hall–Kier alpha value is -1.44. The van der Waals surface area contributed by atoms with Gasteiger partial charge in [0.05, 0.1) is 10.8 Å². The highest BCUT2D eigenvalue weighted by Crippen LogP contribution is 2.20. The van der Waals surface area contributed by atoms with Crippen LogP contribution in [-0.4, -0.2) is 44.8 Å². The highest BCUT2D eigenvalue weighted by molar-refractivity contribution is 7.89. The molecule has 0 radical (unpaired) electrons. The van der Waals surface area contributed by atoms with E-state index in [1.54, 1.807) is 28.6 Å². The number of hydrogen-bond donors (Lipinski definition) is 2. The Kier molecular flexibility index (Phi) is 4.99. The zero-order chi connectivity index (χ0) is 16.3. The molecule has 126 valence electrons. The van der Waals surface area contributed by atoms with Gasteiger partial charge in [-0.25, -0.2) is 8.42 Å². The van der Waals surface area contributed by atoms with Gasteiger partial charge in [0, 0.05) is 32.7 Å². The summed E-state index contributed by atoms with van der Waals surface area (Å²) in [7, 11) is -3.38. The van der Waals surface area contributed by atoms with Gasteiger partial charge in [-0.2, -0.15) is 4.31 Å². The van der Waals surface area contributed by atoms with E-state index < -0.39 is 10.0 Å². The highest BCUT2D eigenvalue weighted by atomic mass is 32.2. The standard InChI is InChI=1S/C16H23N3O3S/c20-16(14-11-17-12-14)18-10-13-4-6-15(7-5-13)23(21,22)19-8-2-1-3-9-19/h4-7,14,17H,1-3,8-12H2,(H,18,20). The minimum atomic E-state index is -3.38. The lowest BCUT2D eigenvalue weighted by Crippen LogP contribution is -2.50. The molecule has 0 saturated carbocycles. The Bertz CT molecular complexity index is 648. The fourth-order valence-electron chi connectivity index (χ4n) is 2.84. The molecule has 0 unspecified atom stereocenters. The van der Waals surface area contributed by atoms with Crippen LogP contribution in [0.1, 0.15) is 24.8 Å². The summed E-state index contributed by atoms with van der Waals surface area (Å²) in [5.74, 6) is 0.113. The number of rotatable bonds is 5. The predicted octanol–water partition coefficient (Wildman–Crippen LogP) is 0.697. The molecular weight excluding hydrogens is 314 g/mol. The van der Waals surface area contributed by atoms with Crippen LogP contribution in [0.4, 0.5) is 0 Å². The van der Waals surface area contributed by atoms with E-state index >= 15 is 0 Å². The number of carbonyl (C=O) groups is 1. The molecule has 0 spiro atoms. The van der Waals surface area contributed by atoms with Crippen LogP contribution in [-0.2, 0) is 21.4 Å². The first-order chi connectivity index (χ1) is 11.1. The monoisotopic (exact) mass is 337 g/mol. The maximum Gasteiger partial charge on any atom is 0.243 e. The number of benzene rings is 1. The molecule has 0 aromatic heterocycles. The highest BCUT2D eigenvalue weighted by Gasteiger charge is 2.26. The van der Waals surface area contributed by atoms with Crippen LogP contribution >= 0.6 is 0 Å². The van der Waals surface area contributed by atoms with Gasteiger partial charge in [-0.3, -0.25) is 4.79 Å². The zero-order valence-corrected chi connectivity index (χ0v) is 13.9. The fourth-order valence-corrected chi connectivity index (χ4v) is 4.36. The van der Waals surface area contributed by atoms with Crippen molar-refractivity contribution in [3.63, 3.8) is 0 Å². The van der Waals surface area contributed by atoms with Crippen molar-refractivity contribution < 1.29 is 13.2 Å². The van der Waals surface area contributed by atoms with Crippen molar-refractivity contribution in [2.45, 2.75) is 30.7 Å². The average Bonchev–Trinajstić information content (AvgIpc) is 2.52. The van der Waals surface area contributed by atoms with E-state index in [0.717, 1.165) is 37.9 Å².